The van der Waals surface area contributed by atoms with Crippen LogP contribution in [0.5, 0.6) is 0 Å². The molecule has 0 aliphatic rings. The third-order valence-electron chi connectivity index (χ3n) is 1.32. The molecule has 2 aromatic rings. The third-order valence-corrected chi connectivity index (χ3v) is 2.54. The molecule has 0 radical (unpaired) electrons. The zero-order valence-corrected chi connectivity index (χ0v) is 7.12. The van der Waals surface area contributed by atoms with Gasteiger partial charge in [0.1, 0.15) is 10.2 Å². The van der Waals surface area contributed by atoms with Crippen molar-refractivity contribution in [1.82, 2.24) is 9.97 Å². The molecule has 56 valence electrons. The molecule has 0 aliphatic heterocycles. The Morgan fingerprint density at radius 2 is 2.45 bits per heavy atom. The van der Waals surface area contributed by atoms with E-state index in [-0.39, 0.29) is 0 Å². The van der Waals surface area contributed by atoms with Crippen molar-refractivity contribution >= 4 is 22.9 Å². The predicted octanol–water partition coefficient (Wildman–Crippen LogP) is 2.79. The molecular weight excluding hydrogens is 180 g/mol. The van der Waals surface area contributed by atoms with Crippen molar-refractivity contribution in [1.29, 1.82) is 0 Å². The van der Waals surface area contributed by atoms with E-state index in [4.69, 9.17) is 11.6 Å². The second kappa shape index (κ2) is 2.68. The van der Waals surface area contributed by atoms with Gasteiger partial charge in [0.25, 0.3) is 0 Å². The topological polar surface area (TPSA) is 28.7 Å². The minimum atomic E-state index is 0.561. The number of aromatic nitrogens is 2. The molecule has 0 atom stereocenters. The van der Waals surface area contributed by atoms with Crippen LogP contribution in [0.2, 0.25) is 5.15 Å². The van der Waals surface area contributed by atoms with Gasteiger partial charge in [0.05, 0.1) is 0 Å². The fourth-order valence-corrected chi connectivity index (χ4v) is 1.79. The highest BCUT2D eigenvalue weighted by Crippen LogP contribution is 2.24. The van der Waals surface area contributed by atoms with Crippen LogP contribution >= 0.6 is 22.9 Å². The zero-order valence-electron chi connectivity index (χ0n) is 5.54. The van der Waals surface area contributed by atoms with Gasteiger partial charge in [0.2, 0.25) is 0 Å². The first-order chi connectivity index (χ1) is 5.36. The highest BCUT2D eigenvalue weighted by Gasteiger charge is 2.01. The van der Waals surface area contributed by atoms with Crippen LogP contribution in [0, 0.1) is 0 Å². The van der Waals surface area contributed by atoms with E-state index in [1.165, 1.54) is 0 Å². The molecule has 0 unspecified atom stereocenters. The summed E-state index contributed by atoms with van der Waals surface area (Å²) >= 11 is 7.21. The van der Waals surface area contributed by atoms with Gasteiger partial charge in [0, 0.05) is 23.3 Å². The van der Waals surface area contributed by atoms with E-state index in [0.717, 1.165) is 10.6 Å². The highest BCUT2D eigenvalue weighted by atomic mass is 35.5. The Hall–Kier alpha value is -0.800. The molecule has 4 heteroatoms. The Morgan fingerprint density at radius 3 is 3.00 bits per heavy atom. The molecule has 0 aliphatic carbocycles. The maximum Gasteiger partial charge on any atom is 0.140 e. The van der Waals surface area contributed by atoms with E-state index in [2.05, 4.69) is 9.97 Å². The van der Waals surface area contributed by atoms with Gasteiger partial charge in [-0.3, -0.25) is 0 Å². The van der Waals surface area contributed by atoms with E-state index in [1.54, 1.807) is 11.3 Å². The van der Waals surface area contributed by atoms with Crippen molar-refractivity contribution in [3.05, 3.63) is 29.0 Å². The van der Waals surface area contributed by atoms with Crippen LogP contribution in [0.4, 0.5) is 0 Å². The van der Waals surface area contributed by atoms with Crippen LogP contribution in [0.15, 0.2) is 23.8 Å². The van der Waals surface area contributed by atoms with Crippen molar-refractivity contribution in [2.45, 2.75) is 0 Å². The van der Waals surface area contributed by atoms with Crippen LogP contribution in [0.3, 0.4) is 0 Å². The van der Waals surface area contributed by atoms with E-state index < -0.39 is 0 Å². The molecular formula is C7H5ClN2S. The number of nitrogens with one attached hydrogen (secondary N) is 1. The molecule has 2 aromatic heterocycles. The molecule has 1 N–H and O–H groups in total. The van der Waals surface area contributed by atoms with Gasteiger partial charge in [-0.1, -0.05) is 11.6 Å². The summed E-state index contributed by atoms with van der Waals surface area (Å²) in [5.41, 5.74) is 1.09. The summed E-state index contributed by atoms with van der Waals surface area (Å²) < 4.78 is 0. The normalized spacial score (nSPS) is 10.3. The maximum absolute atomic E-state index is 5.67. The van der Waals surface area contributed by atoms with E-state index >= 15 is 0 Å². The van der Waals surface area contributed by atoms with Crippen molar-refractivity contribution in [2.75, 3.05) is 0 Å². The summed E-state index contributed by atoms with van der Waals surface area (Å²) in [5, 5.41) is 3.34. The Balaban J connectivity index is 2.45. The Bertz CT molecular complexity index is 339. The van der Waals surface area contributed by atoms with Crippen molar-refractivity contribution < 1.29 is 0 Å². The minimum Gasteiger partial charge on any atom is -0.367 e. The van der Waals surface area contributed by atoms with E-state index in [9.17, 15) is 0 Å². The third kappa shape index (κ3) is 1.29. The summed E-state index contributed by atoms with van der Waals surface area (Å²) in [6, 6.07) is 1.97. The van der Waals surface area contributed by atoms with E-state index in [1.807, 2.05) is 23.8 Å². The van der Waals surface area contributed by atoms with E-state index in [0.29, 0.717) is 5.15 Å². The molecule has 2 heterocycles. The SMILES string of the molecule is Clc1csc(-c2cc[nH]c2)n1. The monoisotopic (exact) mass is 184 g/mol. The number of H-pyrrole nitrogens is 1. The molecule has 0 saturated heterocycles. The first-order valence-corrected chi connectivity index (χ1v) is 4.36. The molecule has 0 saturated carbocycles. The van der Waals surface area contributed by atoms with Crippen LogP contribution in [-0.4, -0.2) is 9.97 Å². The molecule has 2 rings (SSSR count). The Kier molecular flexibility index (Phi) is 1.68. The average Bonchev–Trinajstić information content (AvgIpc) is 2.55. The summed E-state index contributed by atoms with van der Waals surface area (Å²) in [6.07, 6.45) is 3.76. The summed E-state index contributed by atoms with van der Waals surface area (Å²) in [6.45, 7) is 0. The molecule has 0 amide bonds. The lowest BCUT2D eigenvalue weighted by Gasteiger charge is -1.84. The lowest BCUT2D eigenvalue weighted by atomic mass is 10.4. The molecule has 0 aromatic carbocycles. The lowest BCUT2D eigenvalue weighted by Crippen LogP contribution is -1.68. The van der Waals surface area contributed by atoms with Crippen molar-refractivity contribution in [3.8, 4) is 10.6 Å². The first kappa shape index (κ1) is 6.88. The molecule has 0 fully saturated rings. The second-order valence-electron chi connectivity index (χ2n) is 2.08. The van der Waals surface area contributed by atoms with Gasteiger partial charge in [0.15, 0.2) is 0 Å². The van der Waals surface area contributed by atoms with Gasteiger partial charge in [-0.05, 0) is 6.07 Å². The van der Waals surface area contributed by atoms with Crippen LogP contribution in [-0.2, 0) is 0 Å². The lowest BCUT2D eigenvalue weighted by molar-refractivity contribution is 1.39. The fourth-order valence-electron chi connectivity index (χ4n) is 0.844. The predicted molar refractivity (Wildman–Crippen MR) is 46.9 cm³/mol. The fraction of sp³-hybridized carbons (Fsp3) is 0. The Morgan fingerprint density at radius 1 is 1.55 bits per heavy atom. The van der Waals surface area contributed by atoms with Gasteiger partial charge in [-0.2, -0.15) is 0 Å². The van der Waals surface area contributed by atoms with Crippen LogP contribution < -0.4 is 0 Å². The molecule has 2 nitrogen and oxygen atoms in total. The number of nitrogens with zero attached hydrogens (tertiary/aromatic N) is 1. The van der Waals surface area contributed by atoms with Crippen LogP contribution in [0.25, 0.3) is 10.6 Å². The standard InChI is InChI=1S/C7H5ClN2S/c8-6-4-11-7(10-6)5-1-2-9-3-5/h1-4,9H. The number of thiazole rings is 1. The number of rotatable bonds is 1. The van der Waals surface area contributed by atoms with Gasteiger partial charge >= 0.3 is 0 Å². The maximum atomic E-state index is 5.67. The highest BCUT2D eigenvalue weighted by molar-refractivity contribution is 7.13. The summed E-state index contributed by atoms with van der Waals surface area (Å²) in [5.74, 6) is 0. The molecule has 0 spiro atoms. The van der Waals surface area contributed by atoms with Crippen LogP contribution in [0.1, 0.15) is 0 Å². The number of hydrogen-bond acceptors (Lipinski definition) is 2. The smallest absolute Gasteiger partial charge is 0.140 e. The van der Waals surface area contributed by atoms with Gasteiger partial charge in [-0.15, -0.1) is 11.3 Å². The van der Waals surface area contributed by atoms with Crippen molar-refractivity contribution in [3.63, 3.8) is 0 Å². The number of hydrogen-bond donors (Lipinski definition) is 1. The quantitative estimate of drug-likeness (QED) is 0.726. The zero-order chi connectivity index (χ0) is 7.68. The number of halogens is 1. The molecule has 11 heavy (non-hydrogen) atoms. The summed E-state index contributed by atoms with van der Waals surface area (Å²) in [7, 11) is 0. The Labute approximate surface area is 72.9 Å². The average molecular weight is 185 g/mol. The largest absolute Gasteiger partial charge is 0.367 e. The first-order valence-electron chi connectivity index (χ1n) is 3.10. The molecule has 0 bridgehead atoms. The minimum absolute atomic E-state index is 0.561. The number of aromatic amines is 1. The van der Waals surface area contributed by atoms with Gasteiger partial charge < -0.3 is 4.98 Å². The second-order valence-corrected chi connectivity index (χ2v) is 3.32. The summed E-state index contributed by atoms with van der Waals surface area (Å²) in [4.78, 5) is 7.08. The van der Waals surface area contributed by atoms with Gasteiger partial charge in [-0.25, -0.2) is 4.98 Å². The van der Waals surface area contributed by atoms with Crippen molar-refractivity contribution in [2.24, 2.45) is 0 Å².